The molecule has 7 fully saturated rings. The summed E-state index contributed by atoms with van der Waals surface area (Å²) in [5.41, 5.74) is -1.10. The van der Waals surface area contributed by atoms with E-state index in [9.17, 15) is 50.8 Å². The molecule has 5 aliphatic carbocycles. The Kier molecular flexibility index (Phi) is 12.1. The van der Waals surface area contributed by atoms with Crippen LogP contribution in [-0.2, 0) is 33.2 Å². The minimum absolute atomic E-state index is 0.0294. The van der Waals surface area contributed by atoms with Gasteiger partial charge in [0, 0.05) is 0 Å². The van der Waals surface area contributed by atoms with Crippen LogP contribution in [0.3, 0.4) is 0 Å². The van der Waals surface area contributed by atoms with E-state index in [0.717, 1.165) is 38.5 Å². The molecule has 16 nitrogen and oxygen atoms in total. The highest BCUT2D eigenvalue weighted by molar-refractivity contribution is 5.77. The molecule has 1 unspecified atom stereocenters. The first-order valence-corrected chi connectivity index (χ1v) is 22.6. The maximum absolute atomic E-state index is 13.2. The molecule has 8 rings (SSSR count). The zero-order valence-corrected chi connectivity index (χ0v) is 36.8. The Morgan fingerprint density at radius 3 is 1.80 bits per heavy atom. The Balaban J connectivity index is 1.02. The maximum atomic E-state index is 13.2. The summed E-state index contributed by atoms with van der Waals surface area (Å²) < 4.78 is 36.1. The van der Waals surface area contributed by atoms with Crippen LogP contribution in [0.15, 0.2) is 11.6 Å². The van der Waals surface area contributed by atoms with Crippen molar-refractivity contribution >= 4 is 5.97 Å². The smallest absolute Gasteiger partial charge is 0.312 e. The molecule has 8 aliphatic rings. The maximum Gasteiger partial charge on any atom is 0.312 e. The Hall–Kier alpha value is -1.35. The summed E-state index contributed by atoms with van der Waals surface area (Å²) in [5.74, 6) is -0.656. The molecule has 0 aromatic carbocycles. The van der Waals surface area contributed by atoms with Gasteiger partial charge in [-0.05, 0) is 103 Å². The van der Waals surface area contributed by atoms with Gasteiger partial charge in [-0.25, -0.2) is 0 Å². The molecule has 0 amide bonds. The molecule has 9 N–H and O–H groups in total. The van der Waals surface area contributed by atoms with Crippen LogP contribution >= 0.6 is 0 Å². The normalized spacial score (nSPS) is 54.3. The van der Waals surface area contributed by atoms with Gasteiger partial charge in [-0.1, -0.05) is 60.1 Å². The summed E-state index contributed by atoms with van der Waals surface area (Å²) >= 11 is 0. The number of aliphatic carboxylic acids is 1. The molecule has 0 bridgehead atoms. The van der Waals surface area contributed by atoms with Crippen LogP contribution in [0.25, 0.3) is 0 Å². The highest BCUT2D eigenvalue weighted by Crippen LogP contribution is 2.76. The molecular formula is C45H72O16. The van der Waals surface area contributed by atoms with Crippen LogP contribution in [0.1, 0.15) is 106 Å². The zero-order chi connectivity index (χ0) is 44.4. The van der Waals surface area contributed by atoms with E-state index in [1.54, 1.807) is 0 Å². The molecule has 4 saturated carbocycles. The first-order chi connectivity index (χ1) is 28.4. The van der Waals surface area contributed by atoms with Crippen molar-refractivity contribution in [3.8, 4) is 0 Å². The van der Waals surface area contributed by atoms with E-state index in [0.29, 0.717) is 19.3 Å². The van der Waals surface area contributed by atoms with Crippen molar-refractivity contribution in [3.63, 3.8) is 0 Å². The number of hydrogen-bond donors (Lipinski definition) is 9. The molecule has 0 spiro atoms. The predicted octanol–water partition coefficient (Wildman–Crippen LogP) is 1.59. The van der Waals surface area contributed by atoms with Crippen molar-refractivity contribution in [2.45, 2.75) is 192 Å². The average Bonchev–Trinajstić information content (AvgIpc) is 3.18. The van der Waals surface area contributed by atoms with Gasteiger partial charge in [0.15, 0.2) is 18.9 Å². The molecule has 21 atom stereocenters. The van der Waals surface area contributed by atoms with Crippen molar-refractivity contribution in [2.75, 3.05) is 19.8 Å². The predicted molar refractivity (Wildman–Crippen MR) is 214 cm³/mol. The highest BCUT2D eigenvalue weighted by Gasteiger charge is 2.71. The lowest BCUT2D eigenvalue weighted by atomic mass is 9.33. The van der Waals surface area contributed by atoms with Crippen LogP contribution in [0.5, 0.6) is 0 Å². The molecule has 0 radical (unpaired) electrons. The Bertz CT molecular complexity index is 1670. The number of rotatable bonds is 7. The Morgan fingerprint density at radius 1 is 0.639 bits per heavy atom. The second-order valence-electron chi connectivity index (χ2n) is 22.2. The van der Waals surface area contributed by atoms with Gasteiger partial charge in [0.2, 0.25) is 0 Å². The molecule has 61 heavy (non-hydrogen) atoms. The monoisotopic (exact) mass is 868 g/mol. The molecule has 348 valence electrons. The molecular weight excluding hydrogens is 796 g/mol. The summed E-state index contributed by atoms with van der Waals surface area (Å²) in [6.07, 6.45) is -10.1. The van der Waals surface area contributed by atoms with Gasteiger partial charge in [0.25, 0.3) is 0 Å². The van der Waals surface area contributed by atoms with Crippen LogP contribution in [0.2, 0.25) is 0 Å². The summed E-state index contributed by atoms with van der Waals surface area (Å²) in [5, 5.41) is 97.2. The van der Waals surface area contributed by atoms with Gasteiger partial charge >= 0.3 is 5.97 Å². The van der Waals surface area contributed by atoms with Gasteiger partial charge in [-0.2, -0.15) is 0 Å². The summed E-state index contributed by atoms with van der Waals surface area (Å²) in [6, 6.07) is 0. The lowest BCUT2D eigenvalue weighted by molar-refractivity contribution is -0.378. The van der Waals surface area contributed by atoms with E-state index < -0.39 is 96.7 Å². The number of fused-ring (bicyclic) bond motifs is 7. The fourth-order valence-electron chi connectivity index (χ4n) is 14.4. The number of carboxylic acids is 1. The topological polar surface area (TPSA) is 255 Å². The van der Waals surface area contributed by atoms with E-state index in [2.05, 4.69) is 54.5 Å². The van der Waals surface area contributed by atoms with Gasteiger partial charge < -0.3 is 74.4 Å². The largest absolute Gasteiger partial charge is 0.481 e. The number of hydrogen-bond acceptors (Lipinski definition) is 15. The highest BCUT2D eigenvalue weighted by atomic mass is 16.8. The van der Waals surface area contributed by atoms with Crippen LogP contribution in [-0.4, -0.2) is 158 Å². The van der Waals surface area contributed by atoms with Crippen LogP contribution < -0.4 is 0 Å². The third kappa shape index (κ3) is 7.11. The van der Waals surface area contributed by atoms with Crippen molar-refractivity contribution < 1.29 is 79.2 Å². The SMILES string of the molecule is CC1(C)CC[C@]2(C(=O)O)C(O)C[C@]3(C)C(=CC[C@@H]4[C@@]5(C)CC[C@H](O[C@@H]6OC[C@H](O)[C@H](O)[C@H]6O[C@@H]6OC[C@@H](O)[C@H](O)[C@H]6O[C@@H]6OC[C@@H](O)[C@H](O)[C@H]6O)C(C)(C)[C@@H]5CC[C@]43C)[C@@H]2C1. The second-order valence-corrected chi connectivity index (χ2v) is 22.2. The molecule has 3 saturated heterocycles. The van der Waals surface area contributed by atoms with E-state index >= 15 is 0 Å². The summed E-state index contributed by atoms with van der Waals surface area (Å²) in [6.45, 7) is 15.0. The van der Waals surface area contributed by atoms with E-state index in [1.165, 1.54) is 5.57 Å². The van der Waals surface area contributed by atoms with Crippen molar-refractivity contribution in [3.05, 3.63) is 11.6 Å². The number of allylic oxidation sites excluding steroid dienone is 2. The third-order valence-corrected chi connectivity index (χ3v) is 18.2. The van der Waals surface area contributed by atoms with E-state index in [-0.39, 0.29) is 65.3 Å². The quantitative estimate of drug-likeness (QED) is 0.130. The molecule has 0 aromatic heterocycles. The minimum Gasteiger partial charge on any atom is -0.481 e. The fourth-order valence-corrected chi connectivity index (χ4v) is 14.4. The summed E-state index contributed by atoms with van der Waals surface area (Å²) in [7, 11) is 0. The number of aliphatic hydroxyl groups excluding tert-OH is 8. The first-order valence-electron chi connectivity index (χ1n) is 22.6. The van der Waals surface area contributed by atoms with Crippen molar-refractivity contribution in [1.82, 2.24) is 0 Å². The molecule has 3 aliphatic heterocycles. The Morgan fingerprint density at radius 2 is 1.20 bits per heavy atom. The lowest BCUT2D eigenvalue weighted by Gasteiger charge is -2.71. The first kappa shape index (κ1) is 46.2. The molecule has 16 heteroatoms. The van der Waals surface area contributed by atoms with E-state index in [1.807, 2.05) is 0 Å². The zero-order valence-electron chi connectivity index (χ0n) is 36.8. The van der Waals surface area contributed by atoms with Crippen LogP contribution in [0, 0.1) is 50.2 Å². The van der Waals surface area contributed by atoms with Gasteiger partial charge in [-0.3, -0.25) is 4.79 Å². The van der Waals surface area contributed by atoms with Crippen molar-refractivity contribution in [1.29, 1.82) is 0 Å². The average molecular weight is 869 g/mol. The van der Waals surface area contributed by atoms with Gasteiger partial charge in [0.05, 0.1) is 32.0 Å². The molecule has 3 heterocycles. The van der Waals surface area contributed by atoms with Crippen molar-refractivity contribution in [2.24, 2.45) is 50.2 Å². The minimum atomic E-state index is -1.71. The number of ether oxygens (including phenoxy) is 6. The van der Waals surface area contributed by atoms with Gasteiger partial charge in [0.1, 0.15) is 60.4 Å². The lowest BCUT2D eigenvalue weighted by Crippen LogP contribution is -2.68. The van der Waals surface area contributed by atoms with Crippen LogP contribution in [0.4, 0.5) is 0 Å². The third-order valence-electron chi connectivity index (χ3n) is 18.2. The Labute approximate surface area is 358 Å². The van der Waals surface area contributed by atoms with E-state index in [4.69, 9.17) is 28.4 Å². The standard InChI is InChI=1S/C45H72O16/c1-40(2)14-15-45(39(54)55)22(16-40)21-8-9-27-42(5)12-11-29(41(3,4)26(42)10-13-43(27,6)44(21,7)17-28(45)49)59-37-34(31(51)24(47)19-57-37)61-38-35(32(52)25(48)20-58-38)60-36-33(53)30(50)23(46)18-56-36/h8,22-38,46-53H,9-20H2,1-7H3,(H,54,55)/t22-,23+,24-,25+,26-,27+,28?,29-,30-,31-,32-,33+,34+,35+,36-,37-,38-,42-,43+,44+,45+/m0/s1. The van der Waals surface area contributed by atoms with Gasteiger partial charge in [-0.15, -0.1) is 0 Å². The molecule has 0 aromatic rings. The fraction of sp³-hybridized carbons (Fsp3) is 0.933. The number of carbonyl (C=O) groups is 1. The number of aliphatic hydroxyl groups is 8. The summed E-state index contributed by atoms with van der Waals surface area (Å²) in [4.78, 5) is 13.2. The number of carboxylic acid groups (broad SMARTS) is 1. The second kappa shape index (κ2) is 15.9.